The summed E-state index contributed by atoms with van der Waals surface area (Å²) >= 11 is 5.88. The molecule has 4 rings (SSSR count). The van der Waals surface area contributed by atoms with Crippen LogP contribution in [0.4, 0.5) is 0 Å². The van der Waals surface area contributed by atoms with Gasteiger partial charge in [0.1, 0.15) is 0 Å². The smallest absolute Gasteiger partial charge is 0.155 e. The van der Waals surface area contributed by atoms with Crippen LogP contribution < -0.4 is 0 Å². The molecule has 0 unspecified atom stereocenters. The molecular weight excluding hydrogens is 320 g/mol. The van der Waals surface area contributed by atoms with Gasteiger partial charge in [0.15, 0.2) is 5.78 Å². The average molecular weight is 349 g/mol. The Labute approximate surface area is 150 Å². The van der Waals surface area contributed by atoms with Crippen LogP contribution in [0.25, 0.3) is 0 Å². The summed E-state index contributed by atoms with van der Waals surface area (Å²) in [6, 6.07) is 0. The Morgan fingerprint density at radius 1 is 1.21 bits per heavy atom. The summed E-state index contributed by atoms with van der Waals surface area (Å²) in [6.45, 7) is 2.25. The zero-order valence-corrected chi connectivity index (χ0v) is 15.4. The van der Waals surface area contributed by atoms with Crippen LogP contribution in [-0.2, 0) is 4.79 Å². The Morgan fingerprint density at radius 2 is 2.04 bits per heavy atom. The fourth-order valence-electron chi connectivity index (χ4n) is 7.15. The Bertz CT molecular complexity index is 595. The van der Waals surface area contributed by atoms with Crippen LogP contribution in [0.3, 0.4) is 0 Å². The summed E-state index contributed by atoms with van der Waals surface area (Å²) < 4.78 is 0. The van der Waals surface area contributed by atoms with Crippen LogP contribution >= 0.6 is 11.6 Å². The maximum absolute atomic E-state index is 11.8. The van der Waals surface area contributed by atoms with E-state index in [-0.39, 0.29) is 5.41 Å². The zero-order chi connectivity index (χ0) is 16.9. The molecular formula is C21H29ClO2. The predicted molar refractivity (Wildman–Crippen MR) is 96.7 cm³/mol. The highest BCUT2D eigenvalue weighted by atomic mass is 35.5. The molecule has 0 aromatic rings. The van der Waals surface area contributed by atoms with Gasteiger partial charge in [-0.1, -0.05) is 24.1 Å². The van der Waals surface area contributed by atoms with Crippen molar-refractivity contribution in [3.05, 3.63) is 23.3 Å². The van der Waals surface area contributed by atoms with Gasteiger partial charge < -0.3 is 5.11 Å². The summed E-state index contributed by atoms with van der Waals surface area (Å²) in [5.41, 5.74) is 2.24. The van der Waals surface area contributed by atoms with Gasteiger partial charge in [0.2, 0.25) is 0 Å². The van der Waals surface area contributed by atoms with E-state index >= 15 is 0 Å². The van der Waals surface area contributed by atoms with Gasteiger partial charge in [-0.25, -0.2) is 0 Å². The first-order valence-electron chi connectivity index (χ1n) is 9.78. The maximum Gasteiger partial charge on any atom is 0.155 e. The second kappa shape index (κ2) is 5.99. The third-order valence-electron chi connectivity index (χ3n) is 8.18. The van der Waals surface area contributed by atoms with Gasteiger partial charge >= 0.3 is 0 Å². The third kappa shape index (κ3) is 2.22. The first kappa shape index (κ1) is 16.8. The summed E-state index contributed by atoms with van der Waals surface area (Å²) in [6.07, 6.45) is 13.2. The van der Waals surface area contributed by atoms with Crippen molar-refractivity contribution in [2.24, 2.45) is 29.1 Å². The normalized spacial score (nSPS) is 48.0. The molecule has 0 aliphatic heterocycles. The highest BCUT2D eigenvalue weighted by molar-refractivity contribution is 6.25. The average Bonchev–Trinajstić information content (AvgIpc) is 2.88. The van der Waals surface area contributed by atoms with Crippen molar-refractivity contribution in [2.75, 3.05) is 0 Å². The number of ketones is 1. The van der Waals surface area contributed by atoms with E-state index in [1.807, 2.05) is 12.2 Å². The van der Waals surface area contributed by atoms with Crippen LogP contribution in [0.1, 0.15) is 64.7 Å². The molecule has 0 saturated heterocycles. The number of hydrogen-bond acceptors (Lipinski definition) is 2. The standard InChI is InChI=1S/C21H29ClO2/c1-2-20-9-7-17-16-6-4-15(23)13-14(16)3-5-18(17)19(20)8-10-21(20,24)11-12-22/h11-13,16-19,24H,2-10H2,1H3/b12-11-/t16-,17+,18+,19-,20-,21+/m0/s1. The highest BCUT2D eigenvalue weighted by Gasteiger charge is 2.62. The summed E-state index contributed by atoms with van der Waals surface area (Å²) in [4.78, 5) is 11.8. The summed E-state index contributed by atoms with van der Waals surface area (Å²) in [7, 11) is 0. The third-order valence-corrected chi connectivity index (χ3v) is 8.30. The van der Waals surface area contributed by atoms with Crippen LogP contribution in [0.15, 0.2) is 23.3 Å². The van der Waals surface area contributed by atoms with Gasteiger partial charge in [0, 0.05) is 17.4 Å². The van der Waals surface area contributed by atoms with E-state index in [1.165, 1.54) is 23.9 Å². The monoisotopic (exact) mass is 348 g/mol. The first-order chi connectivity index (χ1) is 11.5. The molecule has 6 atom stereocenters. The fourth-order valence-corrected chi connectivity index (χ4v) is 7.36. The Kier molecular flexibility index (Phi) is 4.20. The number of carbonyl (C=O) groups excluding carboxylic acids is 1. The lowest BCUT2D eigenvalue weighted by molar-refractivity contribution is -0.117. The van der Waals surface area contributed by atoms with Crippen molar-refractivity contribution in [3.8, 4) is 0 Å². The van der Waals surface area contributed by atoms with Crippen molar-refractivity contribution in [2.45, 2.75) is 70.3 Å². The second-order valence-corrected chi connectivity index (χ2v) is 8.86. The molecule has 3 fully saturated rings. The molecule has 0 amide bonds. The minimum absolute atomic E-state index is 0.00522. The van der Waals surface area contributed by atoms with Crippen molar-refractivity contribution in [1.82, 2.24) is 0 Å². The second-order valence-electron chi connectivity index (χ2n) is 8.61. The minimum atomic E-state index is -0.724. The largest absolute Gasteiger partial charge is 0.385 e. The number of allylic oxidation sites excluding steroid dienone is 1. The molecule has 2 nitrogen and oxygen atoms in total. The number of rotatable bonds is 2. The number of aliphatic hydroxyl groups is 1. The van der Waals surface area contributed by atoms with Crippen LogP contribution in [0.2, 0.25) is 0 Å². The number of halogens is 1. The van der Waals surface area contributed by atoms with E-state index in [0.717, 1.165) is 50.9 Å². The molecule has 4 aliphatic carbocycles. The SMILES string of the molecule is CC[C@]12CC[C@H]3[C@@H](CCC4=CC(=O)CC[C@@H]43)[C@@H]1CC[C@@]2(O)/C=C\Cl. The van der Waals surface area contributed by atoms with Gasteiger partial charge in [0.05, 0.1) is 5.60 Å². The molecule has 0 bridgehead atoms. The van der Waals surface area contributed by atoms with Crippen LogP contribution in [0, 0.1) is 29.1 Å². The summed E-state index contributed by atoms with van der Waals surface area (Å²) in [5, 5.41) is 11.4. The van der Waals surface area contributed by atoms with Gasteiger partial charge in [-0.05, 0) is 87.2 Å². The predicted octanol–water partition coefficient (Wildman–Crippen LogP) is 5.00. The van der Waals surface area contributed by atoms with Crippen LogP contribution in [0.5, 0.6) is 0 Å². The van der Waals surface area contributed by atoms with Gasteiger partial charge in [-0.15, -0.1) is 0 Å². The number of fused-ring (bicyclic) bond motifs is 5. The molecule has 0 spiro atoms. The molecule has 0 aromatic heterocycles. The lowest BCUT2D eigenvalue weighted by Crippen LogP contribution is -2.53. The molecule has 0 aromatic carbocycles. The van der Waals surface area contributed by atoms with Crippen molar-refractivity contribution < 1.29 is 9.90 Å². The lowest BCUT2D eigenvalue weighted by Gasteiger charge is -2.56. The highest BCUT2D eigenvalue weighted by Crippen LogP contribution is 2.66. The molecule has 4 aliphatic rings. The molecule has 3 heteroatoms. The van der Waals surface area contributed by atoms with Gasteiger partial charge in [0.25, 0.3) is 0 Å². The first-order valence-corrected chi connectivity index (χ1v) is 10.2. The number of hydrogen-bond donors (Lipinski definition) is 1. The molecule has 132 valence electrons. The van der Waals surface area contributed by atoms with E-state index in [1.54, 1.807) is 0 Å². The quantitative estimate of drug-likeness (QED) is 0.762. The topological polar surface area (TPSA) is 37.3 Å². The van der Waals surface area contributed by atoms with E-state index < -0.39 is 5.60 Å². The minimum Gasteiger partial charge on any atom is -0.385 e. The van der Waals surface area contributed by atoms with Crippen LogP contribution in [-0.4, -0.2) is 16.5 Å². The lowest BCUT2D eigenvalue weighted by atomic mass is 9.49. The molecule has 24 heavy (non-hydrogen) atoms. The Hall–Kier alpha value is -0.600. The Balaban J connectivity index is 1.66. The molecule has 3 saturated carbocycles. The molecule has 0 heterocycles. The fraction of sp³-hybridized carbons (Fsp3) is 0.762. The zero-order valence-electron chi connectivity index (χ0n) is 14.6. The molecule has 0 radical (unpaired) electrons. The van der Waals surface area contributed by atoms with Gasteiger partial charge in [-0.3, -0.25) is 4.79 Å². The van der Waals surface area contributed by atoms with Gasteiger partial charge in [-0.2, -0.15) is 0 Å². The van der Waals surface area contributed by atoms with E-state index in [4.69, 9.17) is 11.6 Å². The maximum atomic E-state index is 11.8. The Morgan fingerprint density at radius 3 is 2.79 bits per heavy atom. The van der Waals surface area contributed by atoms with Crippen molar-refractivity contribution >= 4 is 17.4 Å². The van der Waals surface area contributed by atoms with E-state index in [2.05, 4.69) is 6.92 Å². The van der Waals surface area contributed by atoms with E-state index in [0.29, 0.717) is 23.5 Å². The van der Waals surface area contributed by atoms with Crippen molar-refractivity contribution in [3.63, 3.8) is 0 Å². The van der Waals surface area contributed by atoms with Crippen molar-refractivity contribution in [1.29, 1.82) is 0 Å². The van der Waals surface area contributed by atoms with E-state index in [9.17, 15) is 9.90 Å². The molecule has 1 N–H and O–H groups in total. The number of carbonyl (C=O) groups is 1. The summed E-state index contributed by atoms with van der Waals surface area (Å²) in [5.74, 6) is 3.02.